The van der Waals surface area contributed by atoms with Crippen molar-refractivity contribution in [2.45, 2.75) is 0 Å². The fraction of sp³-hybridized carbons (Fsp3) is 0. The largest absolute Gasteiger partial charge is 0 e. The molecule has 0 aromatic rings. The van der Waals surface area contributed by atoms with Crippen molar-refractivity contribution < 1.29 is 65.2 Å². The topological polar surface area (TPSA) is 0 Å². The van der Waals surface area contributed by atoms with Crippen LogP contribution in [0, 0.1) is 0 Å². The van der Waals surface area contributed by atoms with Crippen LogP contribution in [0.1, 0.15) is 0 Å². The summed E-state index contributed by atoms with van der Waals surface area (Å²) < 4.78 is 0. The molecule has 0 nitrogen and oxygen atoms in total. The van der Waals surface area contributed by atoms with E-state index in [2.05, 4.69) is 0 Å². The second-order valence-corrected chi connectivity index (χ2v) is 0. The Balaban J connectivity index is 0. The van der Waals surface area contributed by atoms with Crippen LogP contribution in [-0.2, 0) is 65.2 Å². The Labute approximate surface area is 81.3 Å². The van der Waals surface area contributed by atoms with Crippen LogP contribution >= 0.6 is 0 Å². The first-order valence-electron chi connectivity index (χ1n) is 0. The van der Waals surface area contributed by atoms with E-state index in [1.165, 1.54) is 0 Å². The minimum Gasteiger partial charge on any atom is 0 e. The van der Waals surface area contributed by atoms with E-state index in [4.69, 9.17) is 0 Å². The van der Waals surface area contributed by atoms with Crippen molar-refractivity contribution in [2.75, 3.05) is 0 Å². The van der Waals surface area contributed by atoms with Crippen LogP contribution in [0.2, 0.25) is 0 Å². The van der Waals surface area contributed by atoms with Crippen molar-refractivity contribution in [3.8, 4) is 0 Å². The average Bonchev–Trinajstić information content (AvgIpc) is 0. The maximum Gasteiger partial charge on any atom is 0 e. The van der Waals surface area contributed by atoms with E-state index >= 15 is 0 Å². The van der Waals surface area contributed by atoms with E-state index in [0.717, 1.165) is 0 Å². The van der Waals surface area contributed by atoms with Crippen LogP contribution in [-0.4, -0.2) is 17.4 Å². The van der Waals surface area contributed by atoms with Crippen LogP contribution in [0.25, 0.3) is 0 Å². The number of hydrogen-bond acceptors (Lipinski definition) is 0. The third-order valence-electron chi connectivity index (χ3n) is 0. The molecule has 0 saturated heterocycles. The average molecular weight is 467 g/mol. The first kappa shape index (κ1) is 30.0. The molecule has 4 heavy (non-hydrogen) atoms. The Hall–Kier alpha value is 2.68. The van der Waals surface area contributed by atoms with E-state index in [9.17, 15) is 0 Å². The summed E-state index contributed by atoms with van der Waals surface area (Å²) in [5, 5.41) is 0. The van der Waals surface area contributed by atoms with Crippen LogP contribution < -0.4 is 0 Å². The molecule has 28 valence electrons. The molecule has 0 unspecified atom stereocenters. The predicted molar refractivity (Wildman–Crippen MR) is 5.75 cm³/mol. The summed E-state index contributed by atoms with van der Waals surface area (Å²) in [4.78, 5) is 0. The van der Waals surface area contributed by atoms with Gasteiger partial charge >= 0.3 is 0 Å². The molecule has 0 aromatic heterocycles. The second kappa shape index (κ2) is 17.3. The van der Waals surface area contributed by atoms with Crippen LogP contribution in [0.4, 0.5) is 0 Å². The van der Waals surface area contributed by atoms with Gasteiger partial charge < -0.3 is 0 Å². The summed E-state index contributed by atoms with van der Waals surface area (Å²) in [5.74, 6) is 0. The molecule has 0 rings (SSSR count). The molecule has 0 spiro atoms. The van der Waals surface area contributed by atoms with Crippen molar-refractivity contribution in [1.82, 2.24) is 0 Å². The van der Waals surface area contributed by atoms with E-state index in [1.54, 1.807) is 0 Å². The van der Waals surface area contributed by atoms with Gasteiger partial charge in [-0.2, -0.15) is 0 Å². The summed E-state index contributed by atoms with van der Waals surface area (Å²) in [6.07, 6.45) is 0. The molecule has 0 heterocycles. The summed E-state index contributed by atoms with van der Waals surface area (Å²) in [5.41, 5.74) is 0. The molecule has 4 heteroatoms. The fourth-order valence-electron chi connectivity index (χ4n) is 0. The summed E-state index contributed by atoms with van der Waals surface area (Å²) in [7, 11) is 0. The molecule has 0 aliphatic heterocycles. The van der Waals surface area contributed by atoms with Gasteiger partial charge in [0, 0.05) is 82.5 Å². The minimum atomic E-state index is 0. The van der Waals surface area contributed by atoms with Crippen molar-refractivity contribution in [1.29, 1.82) is 0 Å². The standard InChI is InChI=1S/Al.Au.Pt.Ti. The Kier molecular flexibility index (Phi) is 130. The van der Waals surface area contributed by atoms with Gasteiger partial charge in [-0.05, 0) is 0 Å². The molecule has 0 aliphatic carbocycles. The third kappa shape index (κ3) is 8.82. The van der Waals surface area contributed by atoms with Gasteiger partial charge in [0.2, 0.25) is 0 Å². The first-order valence-corrected chi connectivity index (χ1v) is 0. The van der Waals surface area contributed by atoms with E-state index < -0.39 is 0 Å². The number of rotatable bonds is 0. The van der Waals surface area contributed by atoms with Gasteiger partial charge in [0.15, 0.2) is 0 Å². The van der Waals surface area contributed by atoms with Crippen molar-refractivity contribution >= 4 is 17.4 Å². The molecule has 0 bridgehead atoms. The smallest absolute Gasteiger partial charge is 0 e. The van der Waals surface area contributed by atoms with Crippen molar-refractivity contribution in [2.24, 2.45) is 0 Å². The maximum absolute atomic E-state index is 0. The first-order chi connectivity index (χ1) is 0. The van der Waals surface area contributed by atoms with Gasteiger partial charge in [-0.25, -0.2) is 0 Å². The molecular formula is AlAuPtTi. The second-order valence-electron chi connectivity index (χ2n) is 0. The summed E-state index contributed by atoms with van der Waals surface area (Å²) in [6.45, 7) is 0. The van der Waals surface area contributed by atoms with Crippen LogP contribution in [0.15, 0.2) is 0 Å². The zero-order chi connectivity index (χ0) is 0. The van der Waals surface area contributed by atoms with Gasteiger partial charge in [0.05, 0.1) is 0 Å². The zero-order valence-corrected chi connectivity index (χ0v) is 8.85. The molecule has 0 atom stereocenters. The van der Waals surface area contributed by atoms with Gasteiger partial charge in [-0.15, -0.1) is 0 Å². The predicted octanol–water partition coefficient (Wildman–Crippen LogP) is -0.388. The molecule has 0 saturated carbocycles. The van der Waals surface area contributed by atoms with Gasteiger partial charge in [-0.1, -0.05) is 0 Å². The van der Waals surface area contributed by atoms with Crippen LogP contribution in [0.3, 0.4) is 0 Å². The Morgan fingerprint density at radius 3 is 1.00 bits per heavy atom. The van der Waals surface area contributed by atoms with E-state index in [-0.39, 0.29) is 82.5 Å². The Morgan fingerprint density at radius 2 is 1.00 bits per heavy atom. The Bertz CT molecular complexity index is 8.00. The van der Waals surface area contributed by atoms with Crippen molar-refractivity contribution in [3.05, 3.63) is 0 Å². The van der Waals surface area contributed by atoms with Gasteiger partial charge in [-0.3, -0.25) is 0 Å². The molecule has 0 N–H and O–H groups in total. The monoisotopic (exact) mass is 467 g/mol. The normalized spacial score (nSPS) is 0. The molecule has 0 amide bonds. The quantitative estimate of drug-likeness (QED) is 0.427. The summed E-state index contributed by atoms with van der Waals surface area (Å²) in [6, 6.07) is 0. The molecule has 0 aliphatic rings. The fourth-order valence-corrected chi connectivity index (χ4v) is 0. The molecular weight excluding hydrogens is 467 g/mol. The minimum absolute atomic E-state index is 0. The van der Waals surface area contributed by atoms with E-state index in [1.807, 2.05) is 0 Å². The summed E-state index contributed by atoms with van der Waals surface area (Å²) >= 11 is 0. The Morgan fingerprint density at radius 1 is 1.00 bits per heavy atom. The van der Waals surface area contributed by atoms with Gasteiger partial charge in [0.25, 0.3) is 0 Å². The van der Waals surface area contributed by atoms with Crippen molar-refractivity contribution in [3.63, 3.8) is 0 Å². The molecule has 0 fully saturated rings. The molecule has 0 aromatic carbocycles. The number of hydrogen-bond donors (Lipinski definition) is 0. The SMILES string of the molecule is [Al].[Au].[Pt].[Ti]. The van der Waals surface area contributed by atoms with Gasteiger partial charge in [0.1, 0.15) is 0 Å². The maximum atomic E-state index is 0. The van der Waals surface area contributed by atoms with E-state index in [0.29, 0.717) is 0 Å². The third-order valence-corrected chi connectivity index (χ3v) is 0. The van der Waals surface area contributed by atoms with Crippen LogP contribution in [0.5, 0.6) is 0 Å². The molecule has 4 radical (unpaired) electrons. The zero-order valence-electron chi connectivity index (χ0n) is 1.70.